The SMILES string of the molecule is CC(C)(C)OC(=O)N(C(=O)C(F)(F)F)[C@@H](CCCCN)C(=O)O. The van der Waals surface area contributed by atoms with Crippen LogP contribution in [0, 0.1) is 0 Å². The van der Waals surface area contributed by atoms with Crippen molar-refractivity contribution in [3.05, 3.63) is 0 Å². The van der Waals surface area contributed by atoms with E-state index in [0.29, 0.717) is 6.42 Å². The lowest BCUT2D eigenvalue weighted by Gasteiger charge is -2.30. The van der Waals surface area contributed by atoms with Crippen molar-refractivity contribution < 1.29 is 37.4 Å². The minimum atomic E-state index is -5.40. The molecule has 1 atom stereocenters. The smallest absolute Gasteiger partial charge is 0.471 e. The molecule has 0 aromatic carbocycles. The van der Waals surface area contributed by atoms with E-state index >= 15 is 0 Å². The molecule has 0 aromatic rings. The van der Waals surface area contributed by atoms with E-state index in [9.17, 15) is 27.6 Å². The summed E-state index contributed by atoms with van der Waals surface area (Å²) < 4.78 is 42.8. The molecule has 0 spiro atoms. The number of aliphatic carboxylic acids is 1. The first-order valence-corrected chi connectivity index (χ1v) is 6.87. The Hall–Kier alpha value is -1.84. The molecule has 3 N–H and O–H groups in total. The summed E-state index contributed by atoms with van der Waals surface area (Å²) in [5.41, 5.74) is 4.05. The van der Waals surface area contributed by atoms with Gasteiger partial charge in [-0.05, 0) is 46.6 Å². The normalized spacial score (nSPS) is 13.3. The number of amides is 2. The average Bonchev–Trinajstić information content (AvgIpc) is 2.33. The Morgan fingerprint density at radius 3 is 2.04 bits per heavy atom. The van der Waals surface area contributed by atoms with Gasteiger partial charge in [-0.2, -0.15) is 13.2 Å². The number of carboxylic acids is 1. The second-order valence-electron chi connectivity index (χ2n) is 5.79. The third kappa shape index (κ3) is 7.31. The quantitative estimate of drug-likeness (QED) is 0.713. The number of carbonyl (C=O) groups is 3. The number of imide groups is 1. The number of rotatable bonds is 6. The predicted octanol–water partition coefficient (Wildman–Crippen LogP) is 1.89. The van der Waals surface area contributed by atoms with Crippen molar-refractivity contribution in [2.75, 3.05) is 6.54 Å². The van der Waals surface area contributed by atoms with Crippen LogP contribution in [0.5, 0.6) is 0 Å². The van der Waals surface area contributed by atoms with Crippen LogP contribution in [-0.2, 0) is 14.3 Å². The van der Waals surface area contributed by atoms with Crippen LogP contribution in [0.25, 0.3) is 0 Å². The third-order valence-electron chi connectivity index (χ3n) is 2.58. The molecule has 0 unspecified atom stereocenters. The largest absolute Gasteiger partial charge is 0.480 e. The van der Waals surface area contributed by atoms with Crippen molar-refractivity contribution in [3.63, 3.8) is 0 Å². The Balaban J connectivity index is 5.56. The highest BCUT2D eigenvalue weighted by Gasteiger charge is 2.50. The molecule has 0 aliphatic heterocycles. The Bertz CT molecular complexity index is 446. The molecule has 10 heteroatoms. The molecule has 23 heavy (non-hydrogen) atoms. The summed E-state index contributed by atoms with van der Waals surface area (Å²) in [7, 11) is 0. The number of hydrogen-bond donors (Lipinski definition) is 2. The summed E-state index contributed by atoms with van der Waals surface area (Å²) in [6.45, 7) is 4.34. The molecule has 0 aliphatic rings. The van der Waals surface area contributed by atoms with Crippen molar-refractivity contribution >= 4 is 18.0 Å². The number of unbranched alkanes of at least 4 members (excludes halogenated alkanes) is 1. The Kier molecular flexibility index (Phi) is 7.49. The number of nitrogens with zero attached hydrogens (tertiary/aromatic N) is 1. The molecule has 0 heterocycles. The molecule has 0 radical (unpaired) electrons. The van der Waals surface area contributed by atoms with Crippen LogP contribution in [0.3, 0.4) is 0 Å². The van der Waals surface area contributed by atoms with Crippen molar-refractivity contribution in [2.24, 2.45) is 5.73 Å². The zero-order valence-corrected chi connectivity index (χ0v) is 13.1. The molecule has 2 amide bonds. The molecule has 0 saturated heterocycles. The van der Waals surface area contributed by atoms with Gasteiger partial charge in [0, 0.05) is 0 Å². The fourth-order valence-electron chi connectivity index (χ4n) is 1.64. The fourth-order valence-corrected chi connectivity index (χ4v) is 1.64. The summed E-state index contributed by atoms with van der Waals surface area (Å²) in [6.07, 6.45) is -6.93. The Morgan fingerprint density at radius 1 is 1.17 bits per heavy atom. The molecule has 0 rings (SSSR count). The van der Waals surface area contributed by atoms with Gasteiger partial charge in [-0.25, -0.2) is 14.5 Å². The molecule has 0 bridgehead atoms. The van der Waals surface area contributed by atoms with E-state index in [0.717, 1.165) is 0 Å². The van der Waals surface area contributed by atoms with Crippen LogP contribution < -0.4 is 5.73 Å². The molecule has 0 aromatic heterocycles. The zero-order valence-electron chi connectivity index (χ0n) is 13.1. The molecular weight excluding hydrogens is 321 g/mol. The van der Waals surface area contributed by atoms with E-state index < -0.39 is 35.8 Å². The van der Waals surface area contributed by atoms with Crippen molar-refractivity contribution in [3.8, 4) is 0 Å². The van der Waals surface area contributed by atoms with Gasteiger partial charge < -0.3 is 15.6 Å². The third-order valence-corrected chi connectivity index (χ3v) is 2.58. The second kappa shape index (κ2) is 8.14. The number of halogens is 3. The average molecular weight is 342 g/mol. The van der Waals surface area contributed by atoms with Crippen LogP contribution in [-0.4, -0.2) is 52.3 Å². The van der Waals surface area contributed by atoms with Gasteiger partial charge in [0.05, 0.1) is 0 Å². The van der Waals surface area contributed by atoms with E-state index in [-0.39, 0.29) is 24.3 Å². The van der Waals surface area contributed by atoms with Gasteiger partial charge in [0.1, 0.15) is 11.6 Å². The molecule has 0 saturated carbocycles. The van der Waals surface area contributed by atoms with E-state index in [1.54, 1.807) is 0 Å². The fraction of sp³-hybridized carbons (Fsp3) is 0.769. The summed E-state index contributed by atoms with van der Waals surface area (Å²) in [4.78, 5) is 34.3. The lowest BCUT2D eigenvalue weighted by molar-refractivity contribution is -0.188. The number of carboxylic acid groups (broad SMARTS) is 1. The lowest BCUT2D eigenvalue weighted by atomic mass is 10.1. The second-order valence-corrected chi connectivity index (χ2v) is 5.79. The summed E-state index contributed by atoms with van der Waals surface area (Å²) in [5.74, 6) is -4.31. The van der Waals surface area contributed by atoms with Gasteiger partial charge in [-0.1, -0.05) is 0 Å². The van der Waals surface area contributed by atoms with Crippen LogP contribution in [0.15, 0.2) is 0 Å². The van der Waals surface area contributed by atoms with Crippen molar-refractivity contribution in [1.82, 2.24) is 4.90 Å². The molecule has 0 fully saturated rings. The summed E-state index contributed by atoms with van der Waals surface area (Å²) >= 11 is 0. The van der Waals surface area contributed by atoms with E-state index in [1.807, 2.05) is 0 Å². The standard InChI is InChI=1S/C13H21F3N2O5/c1-12(2,3)23-11(22)18(10(21)13(14,15)16)8(9(19)20)6-4-5-7-17/h8H,4-7,17H2,1-3H3,(H,19,20)/t8-/m0/s1. The highest BCUT2D eigenvalue weighted by molar-refractivity contribution is 5.99. The monoisotopic (exact) mass is 342 g/mol. The van der Waals surface area contributed by atoms with Gasteiger partial charge in [-0.3, -0.25) is 4.79 Å². The van der Waals surface area contributed by atoms with Crippen LogP contribution in [0.2, 0.25) is 0 Å². The Morgan fingerprint density at radius 2 is 1.70 bits per heavy atom. The molecule has 7 nitrogen and oxygen atoms in total. The summed E-state index contributed by atoms with van der Waals surface area (Å²) in [6, 6.07) is -1.98. The van der Waals surface area contributed by atoms with Crippen LogP contribution in [0.1, 0.15) is 40.0 Å². The number of nitrogens with two attached hydrogens (primary N) is 1. The van der Waals surface area contributed by atoms with Gasteiger partial charge in [0.15, 0.2) is 0 Å². The minimum absolute atomic E-state index is 0.137. The number of ether oxygens (including phenoxy) is 1. The van der Waals surface area contributed by atoms with Gasteiger partial charge in [-0.15, -0.1) is 0 Å². The number of carbonyl (C=O) groups excluding carboxylic acids is 2. The van der Waals surface area contributed by atoms with E-state index in [2.05, 4.69) is 0 Å². The van der Waals surface area contributed by atoms with Crippen molar-refractivity contribution in [1.29, 1.82) is 0 Å². The van der Waals surface area contributed by atoms with Crippen molar-refractivity contribution in [2.45, 2.75) is 57.9 Å². The lowest BCUT2D eigenvalue weighted by Crippen LogP contribution is -2.54. The van der Waals surface area contributed by atoms with Gasteiger partial charge in [0.2, 0.25) is 0 Å². The topological polar surface area (TPSA) is 110 Å². The van der Waals surface area contributed by atoms with Gasteiger partial charge >= 0.3 is 24.1 Å². The first-order valence-electron chi connectivity index (χ1n) is 6.87. The number of hydrogen-bond acceptors (Lipinski definition) is 5. The maximum atomic E-state index is 12.7. The molecule has 134 valence electrons. The van der Waals surface area contributed by atoms with E-state index in [1.165, 1.54) is 20.8 Å². The first kappa shape index (κ1) is 21.2. The highest BCUT2D eigenvalue weighted by atomic mass is 19.4. The highest BCUT2D eigenvalue weighted by Crippen LogP contribution is 2.24. The zero-order chi connectivity index (χ0) is 18.4. The molecular formula is C13H21F3N2O5. The maximum absolute atomic E-state index is 12.7. The van der Waals surface area contributed by atoms with E-state index in [4.69, 9.17) is 15.6 Å². The predicted molar refractivity (Wildman–Crippen MR) is 73.5 cm³/mol. The van der Waals surface area contributed by atoms with Gasteiger partial charge in [0.25, 0.3) is 0 Å². The van der Waals surface area contributed by atoms with Crippen LogP contribution in [0.4, 0.5) is 18.0 Å². The minimum Gasteiger partial charge on any atom is -0.480 e. The molecule has 0 aliphatic carbocycles. The van der Waals surface area contributed by atoms with Crippen LogP contribution >= 0.6 is 0 Å². The Labute approximate surface area is 131 Å². The maximum Gasteiger partial charge on any atom is 0.471 e. The summed E-state index contributed by atoms with van der Waals surface area (Å²) in [5, 5.41) is 9.10. The number of alkyl halides is 3. The first-order chi connectivity index (χ1) is 10.3.